The van der Waals surface area contributed by atoms with Crippen LogP contribution < -0.4 is 5.73 Å². The van der Waals surface area contributed by atoms with E-state index in [1.54, 1.807) is 0 Å². The number of nitrogen functional groups attached to an aromatic ring is 1. The van der Waals surface area contributed by atoms with Gasteiger partial charge >= 0.3 is 0 Å². The predicted molar refractivity (Wildman–Crippen MR) is 85.0 cm³/mol. The molecule has 0 aliphatic heterocycles. The zero-order valence-corrected chi connectivity index (χ0v) is 13.1. The fourth-order valence-corrected chi connectivity index (χ4v) is 3.18. The van der Waals surface area contributed by atoms with Gasteiger partial charge in [-0.3, -0.25) is 4.90 Å². The van der Waals surface area contributed by atoms with Gasteiger partial charge in [-0.25, -0.2) is 4.98 Å². The lowest BCUT2D eigenvalue weighted by atomic mass is 9.75. The summed E-state index contributed by atoms with van der Waals surface area (Å²) in [5.74, 6) is 0.756. The molecule has 1 aromatic heterocycles. The maximum atomic E-state index is 5.80. The molecule has 1 heterocycles. The summed E-state index contributed by atoms with van der Waals surface area (Å²) in [4.78, 5) is 9.19. The minimum Gasteiger partial charge on any atom is -0.439 e. The minimum absolute atomic E-state index is 0.325. The first kappa shape index (κ1) is 14.4. The van der Waals surface area contributed by atoms with Crippen LogP contribution in [0.2, 0.25) is 0 Å². The Labute approximate surface area is 125 Å². The van der Waals surface area contributed by atoms with E-state index in [0.717, 1.165) is 35.8 Å². The van der Waals surface area contributed by atoms with Crippen molar-refractivity contribution in [1.82, 2.24) is 14.8 Å². The topological polar surface area (TPSA) is 58.5 Å². The van der Waals surface area contributed by atoms with E-state index in [2.05, 4.69) is 35.9 Å². The van der Waals surface area contributed by atoms with Gasteiger partial charge < -0.3 is 15.1 Å². The molecular weight excluding hydrogens is 264 g/mol. The number of anilines is 1. The van der Waals surface area contributed by atoms with E-state index in [1.165, 1.54) is 19.3 Å². The number of benzene rings is 1. The molecule has 3 rings (SSSR count). The summed E-state index contributed by atoms with van der Waals surface area (Å²) in [6, 6.07) is 5.58. The van der Waals surface area contributed by atoms with Crippen LogP contribution >= 0.6 is 0 Å². The number of aromatic nitrogens is 1. The van der Waals surface area contributed by atoms with Gasteiger partial charge in [-0.2, -0.15) is 0 Å². The molecule has 1 fully saturated rings. The first-order valence-electron chi connectivity index (χ1n) is 7.49. The van der Waals surface area contributed by atoms with Gasteiger partial charge in [0.2, 0.25) is 5.89 Å². The van der Waals surface area contributed by atoms with Crippen molar-refractivity contribution in [2.24, 2.45) is 0 Å². The molecule has 2 N–H and O–H groups in total. The summed E-state index contributed by atoms with van der Waals surface area (Å²) in [6.07, 6.45) is 3.87. The Morgan fingerprint density at radius 1 is 1.29 bits per heavy atom. The molecule has 2 aromatic rings. The molecule has 1 aromatic carbocycles. The second-order valence-corrected chi connectivity index (χ2v) is 6.48. The first-order chi connectivity index (χ1) is 9.98. The highest BCUT2D eigenvalue weighted by atomic mass is 16.3. The van der Waals surface area contributed by atoms with E-state index >= 15 is 0 Å². The van der Waals surface area contributed by atoms with Gasteiger partial charge in [0.15, 0.2) is 5.58 Å². The summed E-state index contributed by atoms with van der Waals surface area (Å²) in [5.41, 5.74) is 8.46. The second-order valence-electron chi connectivity index (χ2n) is 6.48. The van der Waals surface area contributed by atoms with Crippen LogP contribution in [0.15, 0.2) is 22.6 Å². The molecule has 0 unspecified atom stereocenters. The van der Waals surface area contributed by atoms with Crippen molar-refractivity contribution >= 4 is 16.8 Å². The summed E-state index contributed by atoms with van der Waals surface area (Å²) < 4.78 is 5.80. The number of fused-ring (bicyclic) bond motifs is 1. The fourth-order valence-electron chi connectivity index (χ4n) is 3.18. The van der Waals surface area contributed by atoms with Crippen molar-refractivity contribution in [1.29, 1.82) is 0 Å². The lowest BCUT2D eigenvalue weighted by molar-refractivity contribution is 0.0241. The van der Waals surface area contributed by atoms with E-state index in [-0.39, 0.29) is 0 Å². The van der Waals surface area contributed by atoms with Crippen molar-refractivity contribution in [3.8, 4) is 0 Å². The smallest absolute Gasteiger partial charge is 0.209 e. The normalized spacial score (nSPS) is 17.6. The lowest BCUT2D eigenvalue weighted by Gasteiger charge is -2.49. The molecule has 0 amide bonds. The third-order valence-electron chi connectivity index (χ3n) is 4.66. The number of nitrogens with two attached hydrogens (primary N) is 1. The third-order valence-corrected chi connectivity index (χ3v) is 4.66. The monoisotopic (exact) mass is 288 g/mol. The van der Waals surface area contributed by atoms with E-state index < -0.39 is 0 Å². The number of hydrogen-bond acceptors (Lipinski definition) is 5. The van der Waals surface area contributed by atoms with Gasteiger partial charge in [-0.1, -0.05) is 0 Å². The Morgan fingerprint density at radius 2 is 2.05 bits per heavy atom. The molecule has 0 atom stereocenters. The standard InChI is InChI=1S/C16H24N4O/c1-19(2)16(7-4-8-16)11-20(3)10-15-18-13-9-12(17)5-6-14(13)21-15/h5-6,9H,4,7-8,10-11,17H2,1-3H3. The lowest BCUT2D eigenvalue weighted by Crippen LogP contribution is -2.56. The molecule has 5 nitrogen and oxygen atoms in total. The average molecular weight is 288 g/mol. The van der Waals surface area contributed by atoms with Crippen LogP contribution in [0.1, 0.15) is 25.2 Å². The Hall–Kier alpha value is -1.59. The van der Waals surface area contributed by atoms with Crippen molar-refractivity contribution in [3.05, 3.63) is 24.1 Å². The number of likely N-dealkylation sites (N-methyl/N-ethyl adjacent to an activating group) is 2. The van der Waals surface area contributed by atoms with Gasteiger partial charge in [-0.15, -0.1) is 0 Å². The summed E-state index contributed by atoms with van der Waals surface area (Å²) >= 11 is 0. The maximum Gasteiger partial charge on any atom is 0.209 e. The van der Waals surface area contributed by atoms with Gasteiger partial charge in [-0.05, 0) is 58.6 Å². The van der Waals surface area contributed by atoms with Gasteiger partial charge in [0, 0.05) is 17.8 Å². The van der Waals surface area contributed by atoms with Gasteiger partial charge in [0.1, 0.15) is 5.52 Å². The molecule has 0 bridgehead atoms. The molecule has 0 saturated heterocycles. The molecule has 21 heavy (non-hydrogen) atoms. The number of nitrogens with zero attached hydrogens (tertiary/aromatic N) is 3. The molecule has 1 aliphatic rings. The van der Waals surface area contributed by atoms with Crippen LogP contribution in [0.3, 0.4) is 0 Å². The zero-order chi connectivity index (χ0) is 15.0. The largest absolute Gasteiger partial charge is 0.439 e. The number of rotatable bonds is 5. The second kappa shape index (κ2) is 5.31. The molecule has 1 aliphatic carbocycles. The van der Waals surface area contributed by atoms with Crippen LogP contribution in [-0.4, -0.2) is 48.0 Å². The predicted octanol–water partition coefficient (Wildman–Crippen LogP) is 2.33. The van der Waals surface area contributed by atoms with E-state index in [0.29, 0.717) is 5.54 Å². The van der Waals surface area contributed by atoms with E-state index in [9.17, 15) is 0 Å². The zero-order valence-electron chi connectivity index (χ0n) is 13.1. The Balaban J connectivity index is 1.69. The molecule has 0 radical (unpaired) electrons. The van der Waals surface area contributed by atoms with Crippen molar-refractivity contribution < 1.29 is 4.42 Å². The minimum atomic E-state index is 0.325. The SMILES string of the molecule is CN(Cc1nc2cc(N)ccc2o1)CC1(N(C)C)CCC1. The van der Waals surface area contributed by atoms with Crippen LogP contribution in [0, 0.1) is 0 Å². The quantitative estimate of drug-likeness (QED) is 0.856. The van der Waals surface area contributed by atoms with Crippen LogP contribution in [0.5, 0.6) is 0 Å². The number of hydrogen-bond donors (Lipinski definition) is 1. The molecule has 0 spiro atoms. The Bertz CT molecular complexity index is 630. The van der Waals surface area contributed by atoms with Crippen molar-refractivity contribution in [2.75, 3.05) is 33.4 Å². The summed E-state index contributed by atoms with van der Waals surface area (Å²) in [6.45, 7) is 1.77. The highest BCUT2D eigenvalue weighted by Gasteiger charge is 2.39. The third kappa shape index (κ3) is 2.76. The Kier molecular flexibility index (Phi) is 3.63. The van der Waals surface area contributed by atoms with Crippen LogP contribution in [-0.2, 0) is 6.54 Å². The summed E-state index contributed by atoms with van der Waals surface area (Å²) in [7, 11) is 6.48. The number of oxazole rings is 1. The van der Waals surface area contributed by atoms with Gasteiger partial charge in [0.25, 0.3) is 0 Å². The van der Waals surface area contributed by atoms with E-state index in [1.807, 2.05) is 18.2 Å². The van der Waals surface area contributed by atoms with Gasteiger partial charge in [0.05, 0.1) is 6.54 Å². The van der Waals surface area contributed by atoms with E-state index in [4.69, 9.17) is 10.2 Å². The van der Waals surface area contributed by atoms with Crippen molar-refractivity contribution in [2.45, 2.75) is 31.3 Å². The first-order valence-corrected chi connectivity index (χ1v) is 7.49. The molecule has 1 saturated carbocycles. The van der Waals surface area contributed by atoms with Crippen molar-refractivity contribution in [3.63, 3.8) is 0 Å². The summed E-state index contributed by atoms with van der Waals surface area (Å²) in [5, 5.41) is 0. The average Bonchev–Trinajstić information content (AvgIpc) is 2.74. The molecule has 5 heteroatoms. The highest BCUT2D eigenvalue weighted by Crippen LogP contribution is 2.36. The molecule has 114 valence electrons. The van der Waals surface area contributed by atoms with Crippen LogP contribution in [0.25, 0.3) is 11.1 Å². The maximum absolute atomic E-state index is 5.80. The fraction of sp³-hybridized carbons (Fsp3) is 0.562. The molecular formula is C16H24N4O. The highest BCUT2D eigenvalue weighted by molar-refractivity contribution is 5.76. The van der Waals surface area contributed by atoms with Crippen LogP contribution in [0.4, 0.5) is 5.69 Å². The Morgan fingerprint density at radius 3 is 2.67 bits per heavy atom.